The van der Waals surface area contributed by atoms with Crippen LogP contribution in [0.15, 0.2) is 0 Å². The monoisotopic (exact) mass is 227 g/mol. The lowest BCUT2D eigenvalue weighted by Gasteiger charge is -2.21. The molecule has 94 valence electrons. The fourth-order valence-electron chi connectivity index (χ4n) is 2.08. The molecule has 1 rings (SSSR count). The number of hydrogen-bond donors (Lipinski definition) is 1. The van der Waals surface area contributed by atoms with Gasteiger partial charge in [0.15, 0.2) is 0 Å². The molecule has 0 aromatic carbocycles. The maximum absolute atomic E-state index is 11.4. The molecule has 3 nitrogen and oxygen atoms in total. The summed E-state index contributed by atoms with van der Waals surface area (Å²) in [5.41, 5.74) is 0. The number of ether oxygens (including phenoxy) is 1. The van der Waals surface area contributed by atoms with Gasteiger partial charge in [-0.1, -0.05) is 39.0 Å². The second-order valence-corrected chi connectivity index (χ2v) is 4.63. The number of carbonyl (C=O) groups excluding carboxylic acids is 1. The Morgan fingerprint density at radius 2 is 2.00 bits per heavy atom. The van der Waals surface area contributed by atoms with Crippen LogP contribution in [0.1, 0.15) is 58.3 Å². The van der Waals surface area contributed by atoms with E-state index in [1.54, 1.807) is 0 Å². The molecule has 0 saturated heterocycles. The predicted octanol–water partition coefficient (Wildman–Crippen LogP) is 2.64. The van der Waals surface area contributed by atoms with Gasteiger partial charge in [-0.3, -0.25) is 4.79 Å². The Kier molecular flexibility index (Phi) is 7.23. The third-order valence-electron chi connectivity index (χ3n) is 3.10. The van der Waals surface area contributed by atoms with Crippen molar-refractivity contribution in [1.82, 2.24) is 5.32 Å². The number of nitrogens with one attached hydrogen (secondary N) is 1. The van der Waals surface area contributed by atoms with Gasteiger partial charge in [-0.25, -0.2) is 0 Å². The third-order valence-corrected chi connectivity index (χ3v) is 3.10. The Morgan fingerprint density at radius 1 is 1.25 bits per heavy atom. The van der Waals surface area contributed by atoms with Crippen LogP contribution < -0.4 is 5.32 Å². The van der Waals surface area contributed by atoms with E-state index in [0.29, 0.717) is 6.10 Å². The van der Waals surface area contributed by atoms with Crippen LogP contribution in [0.4, 0.5) is 0 Å². The van der Waals surface area contributed by atoms with E-state index in [4.69, 9.17) is 4.74 Å². The number of amides is 1. The molecular weight excluding hydrogens is 202 g/mol. The number of rotatable bonds is 7. The molecule has 0 heterocycles. The van der Waals surface area contributed by atoms with Crippen LogP contribution in [0.5, 0.6) is 0 Å². The minimum Gasteiger partial charge on any atom is -0.368 e. The summed E-state index contributed by atoms with van der Waals surface area (Å²) in [6.45, 7) is 3.20. The van der Waals surface area contributed by atoms with Crippen molar-refractivity contribution in [2.75, 3.05) is 13.2 Å². The van der Waals surface area contributed by atoms with E-state index in [1.165, 1.54) is 32.1 Å². The first kappa shape index (κ1) is 13.5. The quantitative estimate of drug-likeness (QED) is 0.679. The number of carbonyl (C=O) groups is 1. The Hall–Kier alpha value is -0.570. The van der Waals surface area contributed by atoms with E-state index in [0.717, 1.165) is 25.8 Å². The zero-order valence-electron chi connectivity index (χ0n) is 10.5. The summed E-state index contributed by atoms with van der Waals surface area (Å²) < 4.78 is 5.59. The number of unbranched alkanes of at least 4 members (excludes halogenated alkanes) is 2. The van der Waals surface area contributed by atoms with Crippen molar-refractivity contribution in [3.05, 3.63) is 0 Å². The van der Waals surface area contributed by atoms with Gasteiger partial charge in [-0.05, 0) is 19.3 Å². The topological polar surface area (TPSA) is 38.3 Å². The van der Waals surface area contributed by atoms with E-state index in [-0.39, 0.29) is 12.5 Å². The van der Waals surface area contributed by atoms with Gasteiger partial charge < -0.3 is 10.1 Å². The Balaban J connectivity index is 1.96. The van der Waals surface area contributed by atoms with Crippen LogP contribution in [0, 0.1) is 0 Å². The summed E-state index contributed by atoms with van der Waals surface area (Å²) in [6.07, 6.45) is 9.86. The van der Waals surface area contributed by atoms with Crippen molar-refractivity contribution in [3.8, 4) is 0 Å². The van der Waals surface area contributed by atoms with Gasteiger partial charge in [0.25, 0.3) is 0 Å². The summed E-state index contributed by atoms with van der Waals surface area (Å²) in [6, 6.07) is 0. The molecule has 0 bridgehead atoms. The van der Waals surface area contributed by atoms with Crippen molar-refractivity contribution in [3.63, 3.8) is 0 Å². The lowest BCUT2D eigenvalue weighted by Crippen LogP contribution is -2.31. The molecular formula is C13H25NO2. The highest BCUT2D eigenvalue weighted by Gasteiger charge is 2.14. The van der Waals surface area contributed by atoms with Gasteiger partial charge in [-0.2, -0.15) is 0 Å². The lowest BCUT2D eigenvalue weighted by atomic mass is 9.98. The van der Waals surface area contributed by atoms with Crippen molar-refractivity contribution in [2.24, 2.45) is 0 Å². The molecule has 0 aromatic heterocycles. The lowest BCUT2D eigenvalue weighted by molar-refractivity contribution is -0.128. The maximum atomic E-state index is 11.4. The fourth-order valence-corrected chi connectivity index (χ4v) is 2.08. The first-order valence-corrected chi connectivity index (χ1v) is 6.71. The minimum atomic E-state index is 0.0432. The molecule has 1 saturated carbocycles. The molecule has 1 aliphatic carbocycles. The van der Waals surface area contributed by atoms with Crippen LogP contribution in [-0.2, 0) is 9.53 Å². The molecule has 1 amide bonds. The fraction of sp³-hybridized carbons (Fsp3) is 0.923. The minimum absolute atomic E-state index is 0.0432. The smallest absolute Gasteiger partial charge is 0.246 e. The van der Waals surface area contributed by atoms with Gasteiger partial charge in [0.2, 0.25) is 5.91 Å². The second-order valence-electron chi connectivity index (χ2n) is 4.63. The zero-order valence-corrected chi connectivity index (χ0v) is 10.5. The molecule has 3 heteroatoms. The van der Waals surface area contributed by atoms with Crippen molar-refractivity contribution in [1.29, 1.82) is 0 Å². The van der Waals surface area contributed by atoms with Crippen LogP contribution in [0.2, 0.25) is 0 Å². The largest absolute Gasteiger partial charge is 0.368 e. The van der Waals surface area contributed by atoms with E-state index in [1.807, 2.05) is 0 Å². The van der Waals surface area contributed by atoms with Gasteiger partial charge in [0.05, 0.1) is 6.10 Å². The van der Waals surface area contributed by atoms with Crippen LogP contribution in [0.25, 0.3) is 0 Å². The summed E-state index contributed by atoms with van der Waals surface area (Å²) in [4.78, 5) is 11.4. The summed E-state index contributed by atoms with van der Waals surface area (Å²) in [5, 5.41) is 2.89. The third kappa shape index (κ3) is 6.11. The van der Waals surface area contributed by atoms with Crippen LogP contribution in [-0.4, -0.2) is 25.2 Å². The Bertz CT molecular complexity index is 188. The first-order valence-electron chi connectivity index (χ1n) is 6.71. The molecule has 0 aromatic rings. The predicted molar refractivity (Wildman–Crippen MR) is 65.4 cm³/mol. The summed E-state index contributed by atoms with van der Waals surface area (Å²) in [7, 11) is 0. The van der Waals surface area contributed by atoms with Crippen molar-refractivity contribution < 1.29 is 9.53 Å². The van der Waals surface area contributed by atoms with Crippen molar-refractivity contribution >= 4 is 5.91 Å². The molecule has 0 aliphatic heterocycles. The van der Waals surface area contributed by atoms with E-state index < -0.39 is 0 Å². The van der Waals surface area contributed by atoms with Crippen LogP contribution >= 0.6 is 0 Å². The average Bonchev–Trinajstić information content (AvgIpc) is 2.33. The zero-order chi connectivity index (χ0) is 11.6. The standard InChI is InChI=1S/C13H25NO2/c1-2-3-7-10-14-13(15)11-16-12-8-5-4-6-9-12/h12H,2-11H2,1H3,(H,14,15). The van der Waals surface area contributed by atoms with E-state index in [2.05, 4.69) is 12.2 Å². The average molecular weight is 227 g/mol. The Labute approximate surface area is 98.9 Å². The van der Waals surface area contributed by atoms with Gasteiger partial charge in [0, 0.05) is 6.54 Å². The van der Waals surface area contributed by atoms with E-state index in [9.17, 15) is 4.79 Å². The van der Waals surface area contributed by atoms with Gasteiger partial charge in [0.1, 0.15) is 6.61 Å². The summed E-state index contributed by atoms with van der Waals surface area (Å²) >= 11 is 0. The molecule has 16 heavy (non-hydrogen) atoms. The maximum Gasteiger partial charge on any atom is 0.246 e. The van der Waals surface area contributed by atoms with Gasteiger partial charge in [-0.15, -0.1) is 0 Å². The van der Waals surface area contributed by atoms with Crippen LogP contribution in [0.3, 0.4) is 0 Å². The van der Waals surface area contributed by atoms with Gasteiger partial charge >= 0.3 is 0 Å². The molecule has 1 aliphatic rings. The normalized spacial score (nSPS) is 17.3. The molecule has 0 atom stereocenters. The molecule has 1 fully saturated rings. The highest BCUT2D eigenvalue weighted by molar-refractivity contribution is 5.77. The summed E-state index contributed by atoms with van der Waals surface area (Å²) in [5.74, 6) is 0.0432. The Morgan fingerprint density at radius 3 is 2.69 bits per heavy atom. The second kappa shape index (κ2) is 8.57. The molecule has 1 N–H and O–H groups in total. The highest BCUT2D eigenvalue weighted by Crippen LogP contribution is 2.19. The first-order chi connectivity index (χ1) is 7.83. The molecule has 0 spiro atoms. The SMILES string of the molecule is CCCCCNC(=O)COC1CCCCC1. The molecule has 0 radical (unpaired) electrons. The highest BCUT2D eigenvalue weighted by atomic mass is 16.5. The van der Waals surface area contributed by atoms with E-state index >= 15 is 0 Å². The number of hydrogen-bond acceptors (Lipinski definition) is 2. The molecule has 0 unspecified atom stereocenters. The van der Waals surface area contributed by atoms with Crippen molar-refractivity contribution in [2.45, 2.75) is 64.4 Å².